The average molecular weight is 287 g/mol. The van der Waals surface area contributed by atoms with E-state index in [-0.39, 0.29) is 5.41 Å². The van der Waals surface area contributed by atoms with E-state index in [1.165, 1.54) is 24.9 Å². The smallest absolute Gasteiger partial charge is 0.219 e. The second kappa shape index (κ2) is 5.34. The van der Waals surface area contributed by atoms with Crippen LogP contribution in [0.15, 0.2) is 18.3 Å². The Morgan fingerprint density at radius 3 is 2.90 bits per heavy atom. The van der Waals surface area contributed by atoms with Crippen molar-refractivity contribution in [1.29, 1.82) is 0 Å². The van der Waals surface area contributed by atoms with Gasteiger partial charge in [0.25, 0.3) is 0 Å². The minimum atomic E-state index is 0.0232. The molecule has 0 amide bonds. The normalized spacial score (nSPS) is 20.3. The lowest BCUT2D eigenvalue weighted by Gasteiger charge is -2.24. The van der Waals surface area contributed by atoms with Gasteiger partial charge in [0.15, 0.2) is 0 Å². The van der Waals surface area contributed by atoms with Crippen molar-refractivity contribution >= 4 is 11.0 Å². The van der Waals surface area contributed by atoms with E-state index in [4.69, 9.17) is 9.72 Å². The van der Waals surface area contributed by atoms with E-state index < -0.39 is 0 Å². The molecule has 0 spiro atoms. The highest BCUT2D eigenvalue weighted by Gasteiger charge is 2.25. The molecule has 2 aromatic rings. The topological polar surface area (TPSA) is 41.1 Å². The van der Waals surface area contributed by atoms with Crippen LogP contribution in [0.3, 0.4) is 0 Å². The number of aromatic amines is 1. The van der Waals surface area contributed by atoms with Crippen molar-refractivity contribution in [3.05, 3.63) is 23.9 Å². The van der Waals surface area contributed by atoms with Gasteiger partial charge in [0.1, 0.15) is 12.3 Å². The van der Waals surface area contributed by atoms with Gasteiger partial charge in [-0.05, 0) is 44.0 Å². The number of H-pyrrole nitrogens is 1. The van der Waals surface area contributed by atoms with Crippen LogP contribution in [0, 0.1) is 0 Å². The van der Waals surface area contributed by atoms with Crippen LogP contribution in [0.25, 0.3) is 11.0 Å². The van der Waals surface area contributed by atoms with Gasteiger partial charge in [-0.3, -0.25) is 0 Å². The second-order valence-electron chi connectivity index (χ2n) is 7.09. The molecule has 114 valence electrons. The van der Waals surface area contributed by atoms with Crippen LogP contribution in [0.5, 0.6) is 5.88 Å². The number of hydrogen-bond donors (Lipinski definition) is 1. The summed E-state index contributed by atoms with van der Waals surface area (Å²) in [5.41, 5.74) is 2.10. The van der Waals surface area contributed by atoms with E-state index >= 15 is 0 Å². The third-order valence-electron chi connectivity index (χ3n) is 4.39. The fraction of sp³-hybridized carbons (Fsp3) is 0.588. The molecule has 1 N–H and O–H groups in total. The van der Waals surface area contributed by atoms with Crippen molar-refractivity contribution in [2.75, 3.05) is 20.2 Å². The van der Waals surface area contributed by atoms with Crippen LogP contribution in [0.2, 0.25) is 0 Å². The number of aromatic nitrogens is 2. The minimum Gasteiger partial charge on any atom is -0.476 e. The summed E-state index contributed by atoms with van der Waals surface area (Å²) in [7, 11) is 2.17. The zero-order chi connectivity index (χ0) is 15.0. The molecule has 0 saturated carbocycles. The Morgan fingerprint density at radius 2 is 2.24 bits per heavy atom. The summed E-state index contributed by atoms with van der Waals surface area (Å²) in [6, 6.07) is 4.78. The molecule has 1 atom stereocenters. The molecule has 3 heterocycles. The SMILES string of the molecule is CN1CCCC1COc1nc2[nH]ccc2cc1C(C)(C)C. The summed E-state index contributed by atoms with van der Waals surface area (Å²) >= 11 is 0. The van der Waals surface area contributed by atoms with Gasteiger partial charge in [0.05, 0.1) is 0 Å². The quantitative estimate of drug-likeness (QED) is 0.941. The summed E-state index contributed by atoms with van der Waals surface area (Å²) in [5.74, 6) is 0.776. The molecule has 1 unspecified atom stereocenters. The number of likely N-dealkylation sites (tertiary alicyclic amines) is 1. The summed E-state index contributed by atoms with van der Waals surface area (Å²) in [6.07, 6.45) is 4.41. The molecule has 1 aliphatic heterocycles. The van der Waals surface area contributed by atoms with Crippen LogP contribution < -0.4 is 4.74 Å². The maximum absolute atomic E-state index is 6.12. The Kier molecular flexibility index (Phi) is 3.66. The van der Waals surface area contributed by atoms with E-state index in [1.54, 1.807) is 0 Å². The second-order valence-corrected chi connectivity index (χ2v) is 7.09. The lowest BCUT2D eigenvalue weighted by molar-refractivity contribution is 0.191. The Labute approximate surface area is 126 Å². The van der Waals surface area contributed by atoms with Gasteiger partial charge in [-0.2, -0.15) is 4.98 Å². The van der Waals surface area contributed by atoms with Gasteiger partial charge in [-0.15, -0.1) is 0 Å². The van der Waals surface area contributed by atoms with Crippen molar-refractivity contribution < 1.29 is 4.74 Å². The van der Waals surface area contributed by atoms with Gasteiger partial charge in [-0.1, -0.05) is 20.8 Å². The van der Waals surface area contributed by atoms with Crippen LogP contribution in [0.4, 0.5) is 0 Å². The van der Waals surface area contributed by atoms with E-state index in [9.17, 15) is 0 Å². The fourth-order valence-electron chi connectivity index (χ4n) is 2.98. The molecule has 1 fully saturated rings. The lowest BCUT2D eigenvalue weighted by atomic mass is 9.87. The third kappa shape index (κ3) is 2.91. The highest BCUT2D eigenvalue weighted by molar-refractivity contribution is 5.77. The molecule has 0 radical (unpaired) electrons. The number of rotatable bonds is 3. The Bertz CT molecular complexity index is 626. The lowest BCUT2D eigenvalue weighted by Crippen LogP contribution is -2.31. The predicted octanol–water partition coefficient (Wildman–Crippen LogP) is 3.33. The number of hydrogen-bond acceptors (Lipinski definition) is 3. The summed E-state index contributed by atoms with van der Waals surface area (Å²) in [4.78, 5) is 10.2. The first-order valence-electron chi connectivity index (χ1n) is 7.77. The van der Waals surface area contributed by atoms with Crippen LogP contribution in [-0.2, 0) is 5.41 Å². The maximum Gasteiger partial charge on any atom is 0.219 e. The number of ether oxygens (including phenoxy) is 1. The van der Waals surface area contributed by atoms with Crippen molar-refractivity contribution in [2.45, 2.75) is 45.1 Å². The number of pyridine rings is 1. The molecular weight excluding hydrogens is 262 g/mol. The average Bonchev–Trinajstić information content (AvgIpc) is 3.02. The van der Waals surface area contributed by atoms with Crippen molar-refractivity contribution in [3.63, 3.8) is 0 Å². The van der Waals surface area contributed by atoms with E-state index in [1.807, 2.05) is 6.20 Å². The molecule has 1 aliphatic rings. The monoisotopic (exact) mass is 287 g/mol. The fourth-order valence-corrected chi connectivity index (χ4v) is 2.98. The molecule has 3 rings (SSSR count). The minimum absolute atomic E-state index is 0.0232. The van der Waals surface area contributed by atoms with E-state index in [0.717, 1.165) is 23.5 Å². The number of nitrogens with zero attached hydrogens (tertiary/aromatic N) is 2. The highest BCUT2D eigenvalue weighted by Crippen LogP contribution is 2.32. The zero-order valence-electron chi connectivity index (χ0n) is 13.4. The Morgan fingerprint density at radius 1 is 1.43 bits per heavy atom. The summed E-state index contributed by atoms with van der Waals surface area (Å²) in [5, 5.41) is 1.14. The van der Waals surface area contributed by atoms with Crippen molar-refractivity contribution in [3.8, 4) is 5.88 Å². The van der Waals surface area contributed by atoms with E-state index in [0.29, 0.717) is 6.04 Å². The first-order valence-corrected chi connectivity index (χ1v) is 7.77. The summed E-state index contributed by atoms with van der Waals surface area (Å²) < 4.78 is 6.12. The first kappa shape index (κ1) is 14.4. The zero-order valence-corrected chi connectivity index (χ0v) is 13.4. The third-order valence-corrected chi connectivity index (χ3v) is 4.39. The predicted molar refractivity (Wildman–Crippen MR) is 85.9 cm³/mol. The van der Waals surface area contributed by atoms with Gasteiger partial charge in [0.2, 0.25) is 5.88 Å². The van der Waals surface area contributed by atoms with Crippen LogP contribution in [-0.4, -0.2) is 41.1 Å². The standard InChI is InChI=1S/C17H25N3O/c1-17(2,3)14-10-12-7-8-18-15(12)19-16(14)21-11-13-6-5-9-20(13)4/h7-8,10,13H,5-6,9,11H2,1-4H3,(H,18,19). The highest BCUT2D eigenvalue weighted by atomic mass is 16.5. The number of fused-ring (bicyclic) bond motifs is 1. The van der Waals surface area contributed by atoms with Crippen LogP contribution in [0.1, 0.15) is 39.2 Å². The van der Waals surface area contributed by atoms with Gasteiger partial charge in [0, 0.05) is 23.2 Å². The first-order chi connectivity index (χ1) is 9.95. The molecular formula is C17H25N3O. The Balaban J connectivity index is 1.88. The molecule has 0 bridgehead atoms. The van der Waals surface area contributed by atoms with Crippen LogP contribution >= 0.6 is 0 Å². The Hall–Kier alpha value is -1.55. The summed E-state index contributed by atoms with van der Waals surface area (Å²) in [6.45, 7) is 8.51. The van der Waals surface area contributed by atoms with Crippen molar-refractivity contribution in [1.82, 2.24) is 14.9 Å². The molecule has 0 aromatic carbocycles. The molecule has 4 nitrogen and oxygen atoms in total. The number of nitrogens with one attached hydrogen (secondary N) is 1. The van der Waals surface area contributed by atoms with Gasteiger partial charge < -0.3 is 14.6 Å². The van der Waals surface area contributed by atoms with E-state index in [2.05, 4.69) is 49.8 Å². The molecule has 2 aromatic heterocycles. The number of likely N-dealkylation sites (N-methyl/N-ethyl adjacent to an activating group) is 1. The molecule has 21 heavy (non-hydrogen) atoms. The molecule has 1 saturated heterocycles. The van der Waals surface area contributed by atoms with Crippen molar-refractivity contribution in [2.24, 2.45) is 0 Å². The molecule has 0 aliphatic carbocycles. The molecule has 4 heteroatoms. The largest absolute Gasteiger partial charge is 0.476 e. The van der Waals surface area contributed by atoms with Gasteiger partial charge in [-0.25, -0.2) is 0 Å². The van der Waals surface area contributed by atoms with Gasteiger partial charge >= 0.3 is 0 Å². The maximum atomic E-state index is 6.12.